The van der Waals surface area contributed by atoms with Crippen LogP contribution in [0.4, 0.5) is 0 Å². The number of piperidine rings is 1. The number of carbonyl (C=O) groups is 1. The van der Waals surface area contributed by atoms with Crippen molar-refractivity contribution in [2.45, 2.75) is 26.8 Å². The molecule has 21 heavy (non-hydrogen) atoms. The zero-order valence-electron chi connectivity index (χ0n) is 12.2. The Balaban J connectivity index is 1.69. The monoisotopic (exact) mass is 289 g/mol. The largest absolute Gasteiger partial charge is 0.337 e. The number of amides is 1. The molecule has 0 saturated carbocycles. The first-order valence-corrected chi connectivity index (χ1v) is 7.17. The molecule has 1 amide bonds. The van der Waals surface area contributed by atoms with Gasteiger partial charge in [0.1, 0.15) is 12.2 Å². The van der Waals surface area contributed by atoms with Crippen molar-refractivity contribution in [2.24, 2.45) is 11.8 Å². The second-order valence-electron chi connectivity index (χ2n) is 5.88. The Morgan fingerprint density at radius 3 is 2.81 bits per heavy atom. The quantitative estimate of drug-likeness (QED) is 0.891. The molecule has 1 fully saturated rings. The van der Waals surface area contributed by atoms with E-state index < -0.39 is 0 Å². The van der Waals surface area contributed by atoms with Crippen molar-refractivity contribution in [1.82, 2.24) is 35.3 Å². The summed E-state index contributed by atoms with van der Waals surface area (Å²) >= 11 is 0. The number of nitrogens with one attached hydrogen (secondary N) is 1. The molecule has 3 rings (SSSR count). The van der Waals surface area contributed by atoms with Crippen LogP contribution in [-0.4, -0.2) is 54.3 Å². The minimum Gasteiger partial charge on any atom is -0.337 e. The molecule has 0 bridgehead atoms. The van der Waals surface area contributed by atoms with Gasteiger partial charge in [0, 0.05) is 19.3 Å². The Bertz CT molecular complexity index is 596. The standard InChI is InChI=1S/C13H19N7O/c1-9-5-10(2)7-19(6-9)13(21)11-3-4-20(16-11)8-12-14-17-18-15-12/h3-4,9-10H,5-8H2,1-2H3,(H,14,15,17,18). The molecule has 8 nitrogen and oxygen atoms in total. The van der Waals surface area contributed by atoms with Crippen LogP contribution in [0.25, 0.3) is 0 Å². The zero-order valence-corrected chi connectivity index (χ0v) is 12.2. The Hall–Kier alpha value is -2.25. The smallest absolute Gasteiger partial charge is 0.274 e. The molecule has 2 aromatic rings. The van der Waals surface area contributed by atoms with Crippen molar-refractivity contribution in [1.29, 1.82) is 0 Å². The number of aromatic nitrogens is 6. The van der Waals surface area contributed by atoms with Gasteiger partial charge in [0.05, 0.1) is 0 Å². The number of aromatic amines is 1. The fraction of sp³-hybridized carbons (Fsp3) is 0.615. The van der Waals surface area contributed by atoms with Crippen LogP contribution in [0.2, 0.25) is 0 Å². The summed E-state index contributed by atoms with van der Waals surface area (Å²) in [6, 6.07) is 1.74. The fourth-order valence-corrected chi connectivity index (χ4v) is 2.95. The number of hydrogen-bond acceptors (Lipinski definition) is 5. The van der Waals surface area contributed by atoms with Gasteiger partial charge in [0.25, 0.3) is 5.91 Å². The first-order chi connectivity index (χ1) is 10.1. The average Bonchev–Trinajstić information content (AvgIpc) is 3.09. The lowest BCUT2D eigenvalue weighted by atomic mass is 9.92. The van der Waals surface area contributed by atoms with E-state index in [4.69, 9.17) is 0 Å². The van der Waals surface area contributed by atoms with E-state index in [9.17, 15) is 4.79 Å². The number of tetrazole rings is 1. The van der Waals surface area contributed by atoms with Crippen LogP contribution in [0.1, 0.15) is 36.6 Å². The first-order valence-electron chi connectivity index (χ1n) is 7.17. The summed E-state index contributed by atoms with van der Waals surface area (Å²) in [5.74, 6) is 1.62. The third-order valence-electron chi connectivity index (χ3n) is 3.71. The van der Waals surface area contributed by atoms with E-state index in [0.29, 0.717) is 29.9 Å². The second-order valence-corrected chi connectivity index (χ2v) is 5.88. The van der Waals surface area contributed by atoms with Gasteiger partial charge in [-0.1, -0.05) is 19.1 Å². The number of H-pyrrole nitrogens is 1. The van der Waals surface area contributed by atoms with Gasteiger partial charge in [-0.3, -0.25) is 9.48 Å². The van der Waals surface area contributed by atoms with Gasteiger partial charge in [-0.25, -0.2) is 0 Å². The number of nitrogens with zero attached hydrogens (tertiary/aromatic N) is 6. The van der Waals surface area contributed by atoms with Gasteiger partial charge < -0.3 is 4.90 Å². The predicted molar refractivity (Wildman–Crippen MR) is 74.4 cm³/mol. The van der Waals surface area contributed by atoms with Crippen LogP contribution in [-0.2, 0) is 6.54 Å². The highest BCUT2D eigenvalue weighted by Crippen LogP contribution is 2.22. The van der Waals surface area contributed by atoms with Crippen molar-refractivity contribution < 1.29 is 4.79 Å². The lowest BCUT2D eigenvalue weighted by Crippen LogP contribution is -2.42. The molecule has 8 heteroatoms. The van der Waals surface area contributed by atoms with Crippen LogP contribution in [0.5, 0.6) is 0 Å². The van der Waals surface area contributed by atoms with Crippen LogP contribution in [0.3, 0.4) is 0 Å². The molecule has 1 N–H and O–H groups in total. The van der Waals surface area contributed by atoms with E-state index in [2.05, 4.69) is 39.6 Å². The maximum atomic E-state index is 12.5. The third-order valence-corrected chi connectivity index (χ3v) is 3.71. The lowest BCUT2D eigenvalue weighted by molar-refractivity contribution is 0.0616. The molecular formula is C13H19N7O. The summed E-state index contributed by atoms with van der Waals surface area (Å²) in [7, 11) is 0. The molecule has 0 aliphatic carbocycles. The number of carbonyl (C=O) groups excluding carboxylic acids is 1. The summed E-state index contributed by atoms with van der Waals surface area (Å²) in [6.07, 6.45) is 2.94. The molecule has 112 valence electrons. The molecule has 0 radical (unpaired) electrons. The number of likely N-dealkylation sites (tertiary alicyclic amines) is 1. The molecule has 2 unspecified atom stereocenters. The van der Waals surface area contributed by atoms with Crippen LogP contribution >= 0.6 is 0 Å². The van der Waals surface area contributed by atoms with Crippen molar-refractivity contribution in [3.8, 4) is 0 Å². The number of hydrogen-bond donors (Lipinski definition) is 1. The summed E-state index contributed by atoms with van der Waals surface area (Å²) < 4.78 is 1.65. The van der Waals surface area contributed by atoms with Crippen LogP contribution in [0, 0.1) is 11.8 Å². The number of rotatable bonds is 3. The molecule has 1 aliphatic rings. The second kappa shape index (κ2) is 5.63. The highest BCUT2D eigenvalue weighted by molar-refractivity contribution is 5.92. The Labute approximate surface area is 122 Å². The highest BCUT2D eigenvalue weighted by Gasteiger charge is 2.27. The van der Waals surface area contributed by atoms with E-state index in [1.54, 1.807) is 16.9 Å². The van der Waals surface area contributed by atoms with E-state index in [-0.39, 0.29) is 5.91 Å². The molecule has 1 saturated heterocycles. The molecule has 3 heterocycles. The maximum absolute atomic E-state index is 12.5. The van der Waals surface area contributed by atoms with Gasteiger partial charge in [0.15, 0.2) is 5.82 Å². The van der Waals surface area contributed by atoms with Gasteiger partial charge in [-0.05, 0) is 24.3 Å². The topological polar surface area (TPSA) is 92.6 Å². The molecular weight excluding hydrogens is 270 g/mol. The normalized spacial score (nSPS) is 22.5. The van der Waals surface area contributed by atoms with Crippen molar-refractivity contribution in [3.63, 3.8) is 0 Å². The van der Waals surface area contributed by atoms with E-state index in [0.717, 1.165) is 13.1 Å². The maximum Gasteiger partial charge on any atom is 0.274 e. The minimum atomic E-state index is 0.000243. The zero-order chi connectivity index (χ0) is 14.8. The Kier molecular flexibility index (Phi) is 3.68. The molecule has 1 aliphatic heterocycles. The average molecular weight is 289 g/mol. The van der Waals surface area contributed by atoms with E-state index >= 15 is 0 Å². The summed E-state index contributed by atoms with van der Waals surface area (Å²) in [4.78, 5) is 14.4. The summed E-state index contributed by atoms with van der Waals surface area (Å²) in [5.41, 5.74) is 0.472. The first kappa shape index (κ1) is 13.7. The SMILES string of the molecule is CC1CC(C)CN(C(=O)c2ccn(Cc3nn[nH]n3)n2)C1. The van der Waals surface area contributed by atoms with Crippen molar-refractivity contribution >= 4 is 5.91 Å². The van der Waals surface area contributed by atoms with Gasteiger partial charge >= 0.3 is 0 Å². The molecule has 0 spiro atoms. The third kappa shape index (κ3) is 3.09. The van der Waals surface area contributed by atoms with Gasteiger partial charge in [-0.15, -0.1) is 10.2 Å². The molecule has 2 aromatic heterocycles. The Morgan fingerprint density at radius 1 is 1.38 bits per heavy atom. The predicted octanol–water partition coefficient (Wildman–Crippen LogP) is 0.563. The Morgan fingerprint density at radius 2 is 2.14 bits per heavy atom. The van der Waals surface area contributed by atoms with Crippen LogP contribution < -0.4 is 0 Å². The van der Waals surface area contributed by atoms with E-state index in [1.807, 2.05) is 4.90 Å². The van der Waals surface area contributed by atoms with Gasteiger partial charge in [-0.2, -0.15) is 10.3 Å². The van der Waals surface area contributed by atoms with Crippen molar-refractivity contribution in [3.05, 3.63) is 23.8 Å². The molecule has 0 aromatic carbocycles. The minimum absolute atomic E-state index is 0.000243. The van der Waals surface area contributed by atoms with Crippen LogP contribution in [0.15, 0.2) is 12.3 Å². The fourth-order valence-electron chi connectivity index (χ4n) is 2.95. The summed E-state index contributed by atoms with van der Waals surface area (Å²) in [5, 5.41) is 18.0. The highest BCUT2D eigenvalue weighted by atomic mass is 16.2. The lowest BCUT2D eigenvalue weighted by Gasteiger charge is -2.34. The van der Waals surface area contributed by atoms with Crippen molar-refractivity contribution in [2.75, 3.05) is 13.1 Å². The molecule has 2 atom stereocenters. The van der Waals surface area contributed by atoms with E-state index in [1.165, 1.54) is 6.42 Å². The van der Waals surface area contributed by atoms with Gasteiger partial charge in [0.2, 0.25) is 0 Å². The summed E-state index contributed by atoms with van der Waals surface area (Å²) in [6.45, 7) is 6.38.